The van der Waals surface area contributed by atoms with Crippen molar-refractivity contribution >= 4 is 15.9 Å². The van der Waals surface area contributed by atoms with Gasteiger partial charge in [-0.15, -0.1) is 0 Å². The van der Waals surface area contributed by atoms with E-state index in [0.717, 1.165) is 22.5 Å². The maximum Gasteiger partial charge on any atom is 0.142 e. The van der Waals surface area contributed by atoms with E-state index in [4.69, 9.17) is 0 Å². The van der Waals surface area contributed by atoms with Gasteiger partial charge in [-0.3, -0.25) is 9.88 Å². The van der Waals surface area contributed by atoms with Gasteiger partial charge in [0, 0.05) is 18.6 Å². The Labute approximate surface area is 133 Å². The van der Waals surface area contributed by atoms with E-state index < -0.39 is 0 Å². The smallest absolute Gasteiger partial charge is 0.142 e. The zero-order chi connectivity index (χ0) is 14.7. The number of aromatic nitrogens is 3. The fourth-order valence-electron chi connectivity index (χ4n) is 2.88. The van der Waals surface area contributed by atoms with E-state index in [-0.39, 0.29) is 0 Å². The summed E-state index contributed by atoms with van der Waals surface area (Å²) < 4.78 is 0.911. The standard InChI is InChI=1S/C16H19BrN4/c1-21(11-15-19-9-13(17)10-20-15)16(12-5-4-6-12)14-7-2-3-8-18-14/h2-3,7-10,12,16H,4-6,11H2,1H3. The largest absolute Gasteiger partial charge is 0.290 e. The number of nitrogens with zero attached hydrogens (tertiary/aromatic N) is 4. The first-order valence-electron chi connectivity index (χ1n) is 7.31. The molecule has 3 rings (SSSR count). The maximum absolute atomic E-state index is 4.57. The molecule has 1 aliphatic rings. The third-order valence-electron chi connectivity index (χ3n) is 4.13. The van der Waals surface area contributed by atoms with E-state index in [1.807, 2.05) is 12.3 Å². The van der Waals surface area contributed by atoms with Crippen molar-refractivity contribution in [2.45, 2.75) is 31.8 Å². The Morgan fingerprint density at radius 3 is 2.57 bits per heavy atom. The molecule has 0 spiro atoms. The molecule has 1 fully saturated rings. The van der Waals surface area contributed by atoms with Crippen molar-refractivity contribution in [1.82, 2.24) is 19.9 Å². The second-order valence-corrected chi connectivity index (χ2v) is 6.54. The Bertz CT molecular complexity index is 569. The van der Waals surface area contributed by atoms with Crippen LogP contribution in [-0.2, 0) is 6.54 Å². The monoisotopic (exact) mass is 346 g/mol. The summed E-state index contributed by atoms with van der Waals surface area (Å²) in [6.45, 7) is 0.741. The molecule has 0 aliphatic heterocycles. The van der Waals surface area contributed by atoms with Gasteiger partial charge in [-0.1, -0.05) is 12.5 Å². The Balaban J connectivity index is 1.77. The molecule has 0 bridgehead atoms. The van der Waals surface area contributed by atoms with Gasteiger partial charge < -0.3 is 0 Å². The molecule has 0 saturated heterocycles. The zero-order valence-electron chi connectivity index (χ0n) is 12.1. The van der Waals surface area contributed by atoms with Gasteiger partial charge in [0.05, 0.1) is 22.8 Å². The summed E-state index contributed by atoms with van der Waals surface area (Å²) in [7, 11) is 2.14. The first kappa shape index (κ1) is 14.6. The van der Waals surface area contributed by atoms with Crippen LogP contribution in [0.3, 0.4) is 0 Å². The molecule has 0 amide bonds. The lowest BCUT2D eigenvalue weighted by Crippen LogP contribution is -2.34. The van der Waals surface area contributed by atoms with Crippen LogP contribution in [0.25, 0.3) is 0 Å². The van der Waals surface area contributed by atoms with Crippen LogP contribution < -0.4 is 0 Å². The van der Waals surface area contributed by atoms with Crippen molar-refractivity contribution in [3.05, 3.63) is 52.8 Å². The summed E-state index contributed by atoms with van der Waals surface area (Å²) in [6, 6.07) is 6.52. The van der Waals surface area contributed by atoms with E-state index in [9.17, 15) is 0 Å². The van der Waals surface area contributed by atoms with E-state index >= 15 is 0 Å². The Hall–Kier alpha value is -1.33. The molecule has 2 aromatic rings. The van der Waals surface area contributed by atoms with Crippen LogP contribution in [0, 0.1) is 5.92 Å². The lowest BCUT2D eigenvalue weighted by atomic mass is 9.78. The number of hydrogen-bond acceptors (Lipinski definition) is 4. The van der Waals surface area contributed by atoms with Gasteiger partial charge in [-0.05, 0) is 53.9 Å². The van der Waals surface area contributed by atoms with E-state index in [1.54, 1.807) is 12.4 Å². The second kappa shape index (κ2) is 6.62. The fourth-order valence-corrected chi connectivity index (χ4v) is 3.08. The molecule has 1 atom stereocenters. The summed E-state index contributed by atoms with van der Waals surface area (Å²) in [4.78, 5) is 15.7. The molecule has 1 aliphatic carbocycles. The minimum Gasteiger partial charge on any atom is -0.290 e. The lowest BCUT2D eigenvalue weighted by Gasteiger charge is -2.38. The van der Waals surface area contributed by atoms with Crippen molar-refractivity contribution in [3.63, 3.8) is 0 Å². The van der Waals surface area contributed by atoms with Crippen molar-refractivity contribution in [3.8, 4) is 0 Å². The lowest BCUT2D eigenvalue weighted by molar-refractivity contribution is 0.107. The molecule has 2 aromatic heterocycles. The third-order valence-corrected chi connectivity index (χ3v) is 4.54. The first-order valence-corrected chi connectivity index (χ1v) is 8.11. The van der Waals surface area contributed by atoms with Gasteiger partial charge >= 0.3 is 0 Å². The zero-order valence-corrected chi connectivity index (χ0v) is 13.7. The molecular weight excluding hydrogens is 328 g/mol. The highest BCUT2D eigenvalue weighted by molar-refractivity contribution is 9.10. The highest BCUT2D eigenvalue weighted by Crippen LogP contribution is 2.40. The SMILES string of the molecule is CN(Cc1ncc(Br)cn1)C(c1ccccn1)C1CCC1. The van der Waals surface area contributed by atoms with Crippen LogP contribution in [0.2, 0.25) is 0 Å². The van der Waals surface area contributed by atoms with Gasteiger partial charge in [-0.2, -0.15) is 0 Å². The van der Waals surface area contributed by atoms with Crippen LogP contribution in [0.15, 0.2) is 41.3 Å². The van der Waals surface area contributed by atoms with E-state index in [0.29, 0.717) is 12.0 Å². The predicted molar refractivity (Wildman–Crippen MR) is 85.5 cm³/mol. The minimum atomic E-state index is 0.354. The van der Waals surface area contributed by atoms with Gasteiger partial charge in [0.2, 0.25) is 0 Å². The van der Waals surface area contributed by atoms with Gasteiger partial charge in [0.25, 0.3) is 0 Å². The average molecular weight is 347 g/mol. The fraction of sp³-hybridized carbons (Fsp3) is 0.438. The molecule has 2 heterocycles. The van der Waals surface area contributed by atoms with Crippen molar-refractivity contribution in [2.75, 3.05) is 7.05 Å². The van der Waals surface area contributed by atoms with Crippen LogP contribution in [-0.4, -0.2) is 26.9 Å². The van der Waals surface area contributed by atoms with Gasteiger partial charge in [0.1, 0.15) is 5.82 Å². The van der Waals surface area contributed by atoms with Gasteiger partial charge in [0.15, 0.2) is 0 Å². The molecule has 21 heavy (non-hydrogen) atoms. The first-order chi connectivity index (χ1) is 10.2. The molecule has 4 nitrogen and oxygen atoms in total. The molecule has 110 valence electrons. The summed E-state index contributed by atoms with van der Waals surface area (Å²) in [6.07, 6.45) is 9.38. The van der Waals surface area contributed by atoms with Crippen LogP contribution >= 0.6 is 15.9 Å². The molecular formula is C16H19BrN4. The van der Waals surface area contributed by atoms with Crippen molar-refractivity contribution in [1.29, 1.82) is 0 Å². The average Bonchev–Trinajstić information content (AvgIpc) is 2.46. The third kappa shape index (κ3) is 3.47. The van der Waals surface area contributed by atoms with Crippen molar-refractivity contribution < 1.29 is 0 Å². The Kier molecular flexibility index (Phi) is 4.60. The number of halogens is 1. The molecule has 0 radical (unpaired) electrons. The summed E-state index contributed by atoms with van der Waals surface area (Å²) in [5.74, 6) is 1.54. The summed E-state index contributed by atoms with van der Waals surface area (Å²) in [5.41, 5.74) is 1.15. The molecule has 1 unspecified atom stereocenters. The molecule has 5 heteroatoms. The molecule has 0 aromatic carbocycles. The molecule has 0 N–H and O–H groups in total. The highest BCUT2D eigenvalue weighted by Gasteiger charge is 2.32. The minimum absolute atomic E-state index is 0.354. The van der Waals surface area contributed by atoms with Crippen molar-refractivity contribution in [2.24, 2.45) is 5.92 Å². The Morgan fingerprint density at radius 1 is 1.24 bits per heavy atom. The van der Waals surface area contributed by atoms with Crippen LogP contribution in [0.4, 0.5) is 0 Å². The molecule has 1 saturated carbocycles. The van der Waals surface area contributed by atoms with Crippen LogP contribution in [0.5, 0.6) is 0 Å². The van der Waals surface area contributed by atoms with E-state index in [2.05, 4.69) is 55.0 Å². The maximum atomic E-state index is 4.57. The number of hydrogen-bond donors (Lipinski definition) is 0. The number of rotatable bonds is 5. The summed E-state index contributed by atoms with van der Waals surface area (Å²) in [5, 5.41) is 0. The number of pyridine rings is 1. The quantitative estimate of drug-likeness (QED) is 0.829. The topological polar surface area (TPSA) is 41.9 Å². The predicted octanol–water partition coefficient (Wildman–Crippen LogP) is 3.61. The normalized spacial score (nSPS) is 16.7. The van der Waals surface area contributed by atoms with E-state index in [1.165, 1.54) is 19.3 Å². The Morgan fingerprint density at radius 2 is 2.00 bits per heavy atom. The second-order valence-electron chi connectivity index (χ2n) is 5.62. The van der Waals surface area contributed by atoms with Gasteiger partial charge in [-0.25, -0.2) is 9.97 Å². The summed E-state index contributed by atoms with van der Waals surface area (Å²) >= 11 is 3.37. The highest BCUT2D eigenvalue weighted by atomic mass is 79.9. The van der Waals surface area contributed by atoms with Crippen LogP contribution in [0.1, 0.15) is 36.8 Å².